The van der Waals surface area contributed by atoms with Crippen LogP contribution in [0.2, 0.25) is 0 Å². The van der Waals surface area contributed by atoms with Crippen molar-refractivity contribution in [2.24, 2.45) is 11.8 Å². The van der Waals surface area contributed by atoms with E-state index in [-0.39, 0.29) is 17.7 Å². The van der Waals surface area contributed by atoms with Gasteiger partial charge in [-0.05, 0) is 68.7 Å². The first-order valence-electron chi connectivity index (χ1n) is 9.12. The average Bonchev–Trinajstić information content (AvgIpc) is 2.94. The van der Waals surface area contributed by atoms with E-state index >= 15 is 0 Å². The molecular formula is C20H28N2O2. The molecule has 1 aliphatic heterocycles. The van der Waals surface area contributed by atoms with Crippen molar-refractivity contribution < 1.29 is 9.59 Å². The van der Waals surface area contributed by atoms with E-state index in [9.17, 15) is 9.59 Å². The van der Waals surface area contributed by atoms with E-state index in [1.165, 1.54) is 24.0 Å². The van der Waals surface area contributed by atoms with Gasteiger partial charge in [-0.2, -0.15) is 0 Å². The van der Waals surface area contributed by atoms with Gasteiger partial charge in [0.1, 0.15) is 0 Å². The summed E-state index contributed by atoms with van der Waals surface area (Å²) in [5.41, 5.74) is 3.29. The Morgan fingerprint density at radius 2 is 1.83 bits per heavy atom. The molecule has 0 unspecified atom stereocenters. The van der Waals surface area contributed by atoms with Crippen LogP contribution in [-0.2, 0) is 9.59 Å². The minimum atomic E-state index is -0.224. The Hall–Kier alpha value is -1.84. The molecule has 2 aliphatic rings. The smallest absolute Gasteiger partial charge is 0.227 e. The number of carbonyl (C=O) groups is 2. The zero-order chi connectivity index (χ0) is 17.3. The number of amides is 2. The molecule has 1 aliphatic carbocycles. The third-order valence-electron chi connectivity index (χ3n) is 5.66. The Balaban J connectivity index is 1.61. The van der Waals surface area contributed by atoms with Crippen LogP contribution in [0.5, 0.6) is 0 Å². The van der Waals surface area contributed by atoms with E-state index in [0.29, 0.717) is 19.0 Å². The predicted molar refractivity (Wildman–Crippen MR) is 95.9 cm³/mol. The minimum Gasteiger partial charge on any atom is -0.353 e. The van der Waals surface area contributed by atoms with Gasteiger partial charge < -0.3 is 10.2 Å². The van der Waals surface area contributed by atoms with Crippen LogP contribution in [0.1, 0.15) is 50.2 Å². The number of hydrogen-bond acceptors (Lipinski definition) is 2. The highest BCUT2D eigenvalue weighted by Crippen LogP contribution is 2.28. The molecule has 2 amide bonds. The molecule has 0 bridgehead atoms. The molecule has 4 nitrogen and oxygen atoms in total. The second-order valence-corrected chi connectivity index (χ2v) is 7.64. The summed E-state index contributed by atoms with van der Waals surface area (Å²) in [6.07, 6.45) is 4.82. The Kier molecular flexibility index (Phi) is 4.93. The zero-order valence-electron chi connectivity index (χ0n) is 15.0. The summed E-state index contributed by atoms with van der Waals surface area (Å²) < 4.78 is 0. The van der Waals surface area contributed by atoms with Crippen molar-refractivity contribution in [1.82, 2.24) is 5.32 Å². The van der Waals surface area contributed by atoms with Gasteiger partial charge in [-0.3, -0.25) is 9.59 Å². The monoisotopic (exact) mass is 328 g/mol. The lowest BCUT2D eigenvalue weighted by atomic mass is 9.87. The number of nitrogens with zero attached hydrogens (tertiary/aromatic N) is 1. The van der Waals surface area contributed by atoms with Crippen molar-refractivity contribution in [3.8, 4) is 0 Å². The van der Waals surface area contributed by atoms with Gasteiger partial charge in [0.2, 0.25) is 11.8 Å². The number of anilines is 1. The van der Waals surface area contributed by atoms with E-state index in [0.717, 1.165) is 24.4 Å². The molecule has 1 saturated heterocycles. The molecule has 0 radical (unpaired) electrons. The third kappa shape index (κ3) is 3.63. The van der Waals surface area contributed by atoms with Crippen LogP contribution < -0.4 is 10.2 Å². The van der Waals surface area contributed by atoms with E-state index in [1.54, 1.807) is 4.90 Å². The third-order valence-corrected chi connectivity index (χ3v) is 5.66. The normalized spacial score (nSPS) is 27.4. The van der Waals surface area contributed by atoms with E-state index in [1.807, 2.05) is 25.1 Å². The molecule has 24 heavy (non-hydrogen) atoms. The summed E-state index contributed by atoms with van der Waals surface area (Å²) in [5, 5.41) is 3.18. The number of hydrogen-bond donors (Lipinski definition) is 1. The van der Waals surface area contributed by atoms with Crippen molar-refractivity contribution >= 4 is 17.5 Å². The zero-order valence-corrected chi connectivity index (χ0v) is 15.0. The Labute approximate surface area is 144 Å². The maximum Gasteiger partial charge on any atom is 0.227 e. The molecule has 2 fully saturated rings. The minimum absolute atomic E-state index is 0.0502. The number of aryl methyl sites for hydroxylation is 2. The van der Waals surface area contributed by atoms with Crippen molar-refractivity contribution in [3.05, 3.63) is 29.3 Å². The topological polar surface area (TPSA) is 49.4 Å². The second-order valence-electron chi connectivity index (χ2n) is 7.64. The largest absolute Gasteiger partial charge is 0.353 e. The van der Waals surface area contributed by atoms with Crippen LogP contribution in [-0.4, -0.2) is 24.4 Å². The van der Waals surface area contributed by atoms with Crippen LogP contribution in [0.3, 0.4) is 0 Å². The van der Waals surface area contributed by atoms with Gasteiger partial charge in [-0.15, -0.1) is 0 Å². The van der Waals surface area contributed by atoms with Crippen molar-refractivity contribution in [3.63, 3.8) is 0 Å². The fourth-order valence-corrected chi connectivity index (χ4v) is 3.75. The maximum atomic E-state index is 12.5. The highest BCUT2D eigenvalue weighted by molar-refractivity contribution is 6.00. The highest BCUT2D eigenvalue weighted by atomic mass is 16.2. The molecule has 1 atom stereocenters. The number of rotatable bonds is 3. The van der Waals surface area contributed by atoms with E-state index < -0.39 is 0 Å². The molecule has 1 saturated carbocycles. The van der Waals surface area contributed by atoms with Crippen LogP contribution in [0.4, 0.5) is 5.69 Å². The second kappa shape index (κ2) is 6.96. The quantitative estimate of drug-likeness (QED) is 0.925. The van der Waals surface area contributed by atoms with Gasteiger partial charge in [-0.25, -0.2) is 0 Å². The molecule has 1 heterocycles. The standard InChI is InChI=1S/C20H28N2O2/c1-13-4-7-17(8-5-13)21-20(24)16-11-19(23)22(12-16)18-9-6-14(2)15(3)10-18/h6,9-10,13,16-17H,4-5,7-8,11-12H2,1-3H3,(H,21,24)/t13?,16-,17?/m1/s1. The molecule has 3 rings (SSSR count). The molecule has 0 aromatic heterocycles. The van der Waals surface area contributed by atoms with E-state index in [2.05, 4.69) is 19.2 Å². The molecule has 1 aromatic carbocycles. The summed E-state index contributed by atoms with van der Waals surface area (Å²) >= 11 is 0. The fourth-order valence-electron chi connectivity index (χ4n) is 3.75. The lowest BCUT2D eigenvalue weighted by Crippen LogP contribution is -2.41. The number of benzene rings is 1. The summed E-state index contributed by atoms with van der Waals surface area (Å²) in [6.45, 7) is 6.88. The van der Waals surface area contributed by atoms with Crippen molar-refractivity contribution in [2.75, 3.05) is 11.4 Å². The summed E-state index contributed by atoms with van der Waals surface area (Å²) in [5.74, 6) is 0.648. The Morgan fingerprint density at radius 3 is 2.50 bits per heavy atom. The highest BCUT2D eigenvalue weighted by Gasteiger charge is 2.36. The average molecular weight is 328 g/mol. The maximum absolute atomic E-state index is 12.5. The molecular weight excluding hydrogens is 300 g/mol. The number of nitrogens with one attached hydrogen (secondary N) is 1. The first-order chi connectivity index (χ1) is 11.4. The lowest BCUT2D eigenvalue weighted by Gasteiger charge is -2.27. The van der Waals surface area contributed by atoms with Crippen LogP contribution >= 0.6 is 0 Å². The SMILES string of the molecule is Cc1ccc(N2C[C@H](C(=O)NC3CCC(C)CC3)CC2=O)cc1C. The van der Waals surface area contributed by atoms with Crippen LogP contribution in [0, 0.1) is 25.7 Å². The van der Waals surface area contributed by atoms with Crippen LogP contribution in [0.15, 0.2) is 18.2 Å². The van der Waals surface area contributed by atoms with E-state index in [4.69, 9.17) is 0 Å². The van der Waals surface area contributed by atoms with Crippen LogP contribution in [0.25, 0.3) is 0 Å². The summed E-state index contributed by atoms with van der Waals surface area (Å²) in [7, 11) is 0. The number of carbonyl (C=O) groups excluding carboxylic acids is 2. The summed E-state index contributed by atoms with van der Waals surface area (Å²) in [4.78, 5) is 26.7. The predicted octanol–water partition coefficient (Wildman–Crippen LogP) is 3.35. The van der Waals surface area contributed by atoms with Gasteiger partial charge in [0.05, 0.1) is 5.92 Å². The van der Waals surface area contributed by atoms with Crippen molar-refractivity contribution in [2.45, 2.75) is 58.9 Å². The Morgan fingerprint density at radius 1 is 1.12 bits per heavy atom. The first kappa shape index (κ1) is 17.0. The molecule has 1 aromatic rings. The lowest BCUT2D eigenvalue weighted by molar-refractivity contribution is -0.127. The van der Waals surface area contributed by atoms with Gasteiger partial charge in [0, 0.05) is 24.7 Å². The summed E-state index contributed by atoms with van der Waals surface area (Å²) in [6, 6.07) is 6.34. The van der Waals surface area contributed by atoms with Crippen molar-refractivity contribution in [1.29, 1.82) is 0 Å². The molecule has 1 N–H and O–H groups in total. The molecule has 0 spiro atoms. The van der Waals surface area contributed by atoms with Gasteiger partial charge in [-0.1, -0.05) is 13.0 Å². The van der Waals surface area contributed by atoms with Gasteiger partial charge in [0.25, 0.3) is 0 Å². The van der Waals surface area contributed by atoms with Gasteiger partial charge >= 0.3 is 0 Å². The Bertz CT molecular complexity index is 633. The first-order valence-corrected chi connectivity index (χ1v) is 9.12. The molecule has 130 valence electrons. The molecule has 4 heteroatoms. The fraction of sp³-hybridized carbons (Fsp3) is 0.600. The van der Waals surface area contributed by atoms with Gasteiger partial charge in [0.15, 0.2) is 0 Å².